The zero-order valence-corrected chi connectivity index (χ0v) is 16.5. The molecule has 0 aromatic heterocycles. The van der Waals surface area contributed by atoms with Crippen LogP contribution in [0.2, 0.25) is 0 Å². The summed E-state index contributed by atoms with van der Waals surface area (Å²) >= 11 is 0. The molecule has 0 radical (unpaired) electrons. The number of hydrogen-bond acceptors (Lipinski definition) is 3. The van der Waals surface area contributed by atoms with Crippen molar-refractivity contribution in [3.8, 4) is 0 Å². The second-order valence-electron chi connectivity index (χ2n) is 5.82. The largest absolute Gasteiger partial charge is 0.373 e. The van der Waals surface area contributed by atoms with E-state index in [2.05, 4.69) is 23.9 Å². The van der Waals surface area contributed by atoms with Gasteiger partial charge in [-0.05, 0) is 32.1 Å². The quantitative estimate of drug-likeness (QED) is 0.188. The molecule has 0 atom stereocenters. The second kappa shape index (κ2) is 20.9. The topological polar surface area (TPSA) is 52.3 Å². The molecular formula is C18H35NO2Pt. The fraction of sp³-hybridized carbons (Fsp3) is 0.833. The van der Waals surface area contributed by atoms with E-state index in [4.69, 9.17) is 5.90 Å². The normalized spacial score (nSPS) is 10.6. The first-order chi connectivity index (χ1) is 10.3. The van der Waals surface area contributed by atoms with E-state index in [1.54, 1.807) is 0 Å². The Kier molecular flexibility index (Phi) is 22.9. The SMILES string of the molecule is CCCCCCCC/C=C\CCCCCCCC(=O)ON.[Pt]. The predicted molar refractivity (Wildman–Crippen MR) is 89.7 cm³/mol. The van der Waals surface area contributed by atoms with Crippen molar-refractivity contribution in [3.63, 3.8) is 0 Å². The molecule has 4 heteroatoms. The van der Waals surface area contributed by atoms with Crippen LogP contribution < -0.4 is 5.90 Å². The van der Waals surface area contributed by atoms with Gasteiger partial charge in [-0.15, -0.1) is 0 Å². The van der Waals surface area contributed by atoms with Gasteiger partial charge in [0.2, 0.25) is 0 Å². The van der Waals surface area contributed by atoms with E-state index in [9.17, 15) is 4.79 Å². The van der Waals surface area contributed by atoms with Crippen molar-refractivity contribution >= 4 is 5.97 Å². The Morgan fingerprint density at radius 2 is 1.27 bits per heavy atom. The van der Waals surface area contributed by atoms with E-state index in [0.717, 1.165) is 12.8 Å². The molecule has 0 aliphatic carbocycles. The molecule has 0 unspecified atom stereocenters. The third kappa shape index (κ3) is 19.9. The minimum absolute atomic E-state index is 0. The fourth-order valence-corrected chi connectivity index (χ4v) is 2.40. The average Bonchev–Trinajstić information content (AvgIpc) is 2.50. The van der Waals surface area contributed by atoms with Gasteiger partial charge in [0.1, 0.15) is 0 Å². The minimum Gasteiger partial charge on any atom is -0.373 e. The summed E-state index contributed by atoms with van der Waals surface area (Å²) in [5.74, 6) is 4.48. The van der Waals surface area contributed by atoms with Crippen LogP contribution in [0.1, 0.15) is 96.8 Å². The van der Waals surface area contributed by atoms with Gasteiger partial charge in [-0.25, -0.2) is 0 Å². The Bertz CT molecular complexity index is 257. The van der Waals surface area contributed by atoms with E-state index in [1.807, 2.05) is 0 Å². The summed E-state index contributed by atoms with van der Waals surface area (Å²) in [6, 6.07) is 0. The smallest absolute Gasteiger partial charge is 0.324 e. The fourth-order valence-electron chi connectivity index (χ4n) is 2.40. The number of rotatable bonds is 15. The van der Waals surface area contributed by atoms with Gasteiger partial charge in [0.05, 0.1) is 0 Å². The summed E-state index contributed by atoms with van der Waals surface area (Å²) in [5, 5.41) is 0. The maximum Gasteiger partial charge on any atom is 0.324 e. The monoisotopic (exact) mass is 492 g/mol. The Balaban J connectivity index is 0. The molecule has 0 aromatic carbocycles. The Labute approximate surface area is 151 Å². The van der Waals surface area contributed by atoms with Gasteiger partial charge in [0, 0.05) is 27.5 Å². The van der Waals surface area contributed by atoms with Gasteiger partial charge in [-0.1, -0.05) is 70.4 Å². The van der Waals surface area contributed by atoms with Crippen molar-refractivity contribution in [1.82, 2.24) is 0 Å². The first kappa shape index (κ1) is 24.1. The molecule has 0 saturated heterocycles. The molecule has 2 N–H and O–H groups in total. The van der Waals surface area contributed by atoms with Crippen molar-refractivity contribution in [2.24, 2.45) is 5.90 Å². The van der Waals surface area contributed by atoms with Crippen LogP contribution in [0.3, 0.4) is 0 Å². The van der Waals surface area contributed by atoms with Crippen molar-refractivity contribution in [2.45, 2.75) is 96.8 Å². The number of unbranched alkanes of at least 4 members (excludes halogenated alkanes) is 11. The maximum absolute atomic E-state index is 10.8. The van der Waals surface area contributed by atoms with Crippen LogP contribution in [0, 0.1) is 0 Å². The second-order valence-corrected chi connectivity index (χ2v) is 5.82. The average molecular weight is 493 g/mol. The minimum atomic E-state index is -0.298. The molecule has 0 aliphatic rings. The summed E-state index contributed by atoms with van der Waals surface area (Å²) < 4.78 is 0. The summed E-state index contributed by atoms with van der Waals surface area (Å²) in [4.78, 5) is 14.9. The van der Waals surface area contributed by atoms with Crippen LogP contribution in [0.15, 0.2) is 12.2 Å². The first-order valence-electron chi connectivity index (χ1n) is 8.85. The molecule has 0 aliphatic heterocycles. The molecule has 0 fully saturated rings. The molecule has 0 spiro atoms. The van der Waals surface area contributed by atoms with Gasteiger partial charge >= 0.3 is 5.97 Å². The Morgan fingerprint density at radius 3 is 1.77 bits per heavy atom. The van der Waals surface area contributed by atoms with E-state index in [1.165, 1.54) is 70.6 Å². The molecule has 3 nitrogen and oxygen atoms in total. The van der Waals surface area contributed by atoms with Crippen LogP contribution in [0.25, 0.3) is 0 Å². The van der Waals surface area contributed by atoms with E-state index >= 15 is 0 Å². The molecule has 134 valence electrons. The van der Waals surface area contributed by atoms with Crippen molar-refractivity contribution in [2.75, 3.05) is 0 Å². The van der Waals surface area contributed by atoms with Gasteiger partial charge in [-0.3, -0.25) is 4.79 Å². The summed E-state index contributed by atoms with van der Waals surface area (Å²) in [5.41, 5.74) is 0. The molecular weight excluding hydrogens is 457 g/mol. The zero-order chi connectivity index (χ0) is 15.6. The van der Waals surface area contributed by atoms with E-state index in [0.29, 0.717) is 6.42 Å². The Morgan fingerprint density at radius 1 is 0.818 bits per heavy atom. The van der Waals surface area contributed by atoms with Crippen LogP contribution in [0.5, 0.6) is 0 Å². The molecule has 0 heterocycles. The number of hydrogen-bond donors (Lipinski definition) is 1. The summed E-state index contributed by atoms with van der Waals surface area (Å²) in [7, 11) is 0. The van der Waals surface area contributed by atoms with Gasteiger partial charge in [0.15, 0.2) is 0 Å². The number of carbonyl (C=O) groups excluding carboxylic acids is 1. The van der Waals surface area contributed by atoms with E-state index < -0.39 is 0 Å². The van der Waals surface area contributed by atoms with Gasteiger partial charge in [0.25, 0.3) is 0 Å². The standard InChI is InChI=1S/C18H35NO2.Pt/c1-2-3-4-5-6-7-8-9-10-11-12-13-14-15-16-17-18(20)21-19;/h9-10H,2-8,11-17,19H2,1H3;/b10-9-;. The van der Waals surface area contributed by atoms with Crippen LogP contribution in [-0.4, -0.2) is 5.97 Å². The van der Waals surface area contributed by atoms with Crippen LogP contribution in [0.4, 0.5) is 0 Å². The molecule has 0 amide bonds. The van der Waals surface area contributed by atoms with Gasteiger partial charge < -0.3 is 4.84 Å². The third-order valence-electron chi connectivity index (χ3n) is 3.77. The number of allylic oxidation sites excluding steroid dienone is 2. The molecule has 22 heavy (non-hydrogen) atoms. The van der Waals surface area contributed by atoms with Crippen molar-refractivity contribution < 1.29 is 30.7 Å². The number of carbonyl (C=O) groups is 1. The maximum atomic E-state index is 10.8. The first-order valence-corrected chi connectivity index (χ1v) is 8.85. The Hall–Kier alpha value is -0.142. The van der Waals surface area contributed by atoms with E-state index in [-0.39, 0.29) is 27.0 Å². The third-order valence-corrected chi connectivity index (χ3v) is 3.77. The van der Waals surface area contributed by atoms with Gasteiger partial charge in [-0.2, -0.15) is 5.90 Å². The molecule has 0 rings (SSSR count). The summed E-state index contributed by atoms with van der Waals surface area (Å²) in [6.45, 7) is 2.26. The van der Waals surface area contributed by atoms with Crippen LogP contribution in [-0.2, 0) is 30.7 Å². The molecule has 0 saturated carbocycles. The molecule has 0 bridgehead atoms. The van der Waals surface area contributed by atoms with Crippen LogP contribution >= 0.6 is 0 Å². The summed E-state index contributed by atoms with van der Waals surface area (Å²) in [6.07, 6.45) is 21.5. The van der Waals surface area contributed by atoms with Crippen molar-refractivity contribution in [1.29, 1.82) is 0 Å². The number of nitrogens with two attached hydrogens (primary N) is 1. The van der Waals surface area contributed by atoms with Crippen molar-refractivity contribution in [3.05, 3.63) is 12.2 Å². The predicted octanol–water partition coefficient (Wildman–Crippen LogP) is 5.44. The molecule has 0 aromatic rings. The zero-order valence-electron chi connectivity index (χ0n) is 14.3.